The van der Waals surface area contributed by atoms with Gasteiger partial charge in [-0.3, -0.25) is 4.98 Å². The van der Waals surface area contributed by atoms with Gasteiger partial charge >= 0.3 is 0 Å². The molecule has 3 aromatic rings. The minimum absolute atomic E-state index is 0.690. The second-order valence-corrected chi connectivity index (χ2v) is 5.95. The van der Waals surface area contributed by atoms with Crippen LogP contribution in [0.4, 0.5) is 5.13 Å². The molecule has 0 bridgehead atoms. The van der Waals surface area contributed by atoms with Gasteiger partial charge < -0.3 is 4.90 Å². The summed E-state index contributed by atoms with van der Waals surface area (Å²) in [5.74, 6) is 0. The molecule has 0 N–H and O–H groups in total. The number of halogens is 1. The Morgan fingerprint density at radius 3 is 2.76 bits per heavy atom. The Kier molecular flexibility index (Phi) is 4.13. The van der Waals surface area contributed by atoms with Crippen molar-refractivity contribution in [2.24, 2.45) is 0 Å². The molecule has 0 unspecified atom stereocenters. The first-order valence-corrected chi connectivity index (χ1v) is 7.62. The number of anilines is 1. The lowest BCUT2D eigenvalue weighted by atomic mass is 10.2. The minimum Gasteiger partial charge on any atom is -0.345 e. The van der Waals surface area contributed by atoms with Crippen LogP contribution in [-0.4, -0.2) is 22.2 Å². The van der Waals surface area contributed by atoms with Crippen LogP contribution in [0.2, 0.25) is 5.02 Å². The van der Waals surface area contributed by atoms with Crippen LogP contribution in [0, 0.1) is 0 Å². The molecule has 0 atom stereocenters. The molecule has 21 heavy (non-hydrogen) atoms. The molecule has 0 aliphatic heterocycles. The van der Waals surface area contributed by atoms with E-state index in [0.29, 0.717) is 5.02 Å². The molecule has 4 nitrogen and oxygen atoms in total. The Labute approximate surface area is 132 Å². The van der Waals surface area contributed by atoms with Gasteiger partial charge in [0.05, 0.1) is 5.02 Å². The van der Waals surface area contributed by atoms with Crippen molar-refractivity contribution in [3.05, 3.63) is 59.4 Å². The summed E-state index contributed by atoms with van der Waals surface area (Å²) in [6, 6.07) is 11.6. The highest BCUT2D eigenvalue weighted by Crippen LogP contribution is 2.32. The van der Waals surface area contributed by atoms with Gasteiger partial charge in [-0.25, -0.2) is 0 Å². The van der Waals surface area contributed by atoms with Crippen LogP contribution in [-0.2, 0) is 6.54 Å². The van der Waals surface area contributed by atoms with E-state index < -0.39 is 0 Å². The van der Waals surface area contributed by atoms with Gasteiger partial charge in [-0.05, 0) is 17.7 Å². The predicted octanol–water partition coefficient (Wildman–Crippen LogP) is 3.89. The van der Waals surface area contributed by atoms with Gasteiger partial charge in [0.15, 0.2) is 5.01 Å². The second-order valence-electron chi connectivity index (χ2n) is 4.59. The average molecular weight is 317 g/mol. The third-order valence-electron chi connectivity index (χ3n) is 2.99. The lowest BCUT2D eigenvalue weighted by molar-refractivity contribution is 0.889. The molecule has 2 aromatic heterocycles. The molecule has 0 radical (unpaired) electrons. The highest BCUT2D eigenvalue weighted by Gasteiger charge is 2.12. The summed E-state index contributed by atoms with van der Waals surface area (Å²) >= 11 is 7.72. The fourth-order valence-electron chi connectivity index (χ4n) is 1.95. The van der Waals surface area contributed by atoms with Crippen LogP contribution >= 0.6 is 22.9 Å². The Hall–Kier alpha value is -1.98. The average Bonchev–Trinajstić information content (AvgIpc) is 2.98. The summed E-state index contributed by atoms with van der Waals surface area (Å²) in [4.78, 5) is 6.17. The summed E-state index contributed by atoms with van der Waals surface area (Å²) in [6.45, 7) is 0.741. The summed E-state index contributed by atoms with van der Waals surface area (Å²) in [5, 5.41) is 10.9. The monoisotopic (exact) mass is 316 g/mol. The van der Waals surface area contributed by atoms with E-state index in [1.807, 2.05) is 49.6 Å². The number of hydrogen-bond donors (Lipinski definition) is 0. The van der Waals surface area contributed by atoms with E-state index in [1.54, 1.807) is 6.20 Å². The molecule has 106 valence electrons. The van der Waals surface area contributed by atoms with Crippen LogP contribution in [0.3, 0.4) is 0 Å². The molecule has 0 aliphatic rings. The number of hydrogen-bond acceptors (Lipinski definition) is 5. The fourth-order valence-corrected chi connectivity index (χ4v) is 3.07. The fraction of sp³-hybridized carbons (Fsp3) is 0.133. The number of pyridine rings is 1. The largest absolute Gasteiger partial charge is 0.345 e. The van der Waals surface area contributed by atoms with Crippen molar-refractivity contribution in [2.75, 3.05) is 11.9 Å². The lowest BCUT2D eigenvalue weighted by Crippen LogP contribution is -2.16. The number of nitrogens with zero attached hydrogens (tertiary/aromatic N) is 4. The SMILES string of the molecule is CN(Cc1cccnc1)c1nnc(-c2ccccc2Cl)s1. The van der Waals surface area contributed by atoms with Gasteiger partial charge in [0.2, 0.25) is 5.13 Å². The van der Waals surface area contributed by atoms with Gasteiger partial charge in [0, 0.05) is 31.5 Å². The van der Waals surface area contributed by atoms with Crippen molar-refractivity contribution in [1.29, 1.82) is 0 Å². The normalized spacial score (nSPS) is 10.6. The molecule has 1 aromatic carbocycles. The zero-order valence-corrected chi connectivity index (χ0v) is 13.0. The van der Waals surface area contributed by atoms with Crippen LogP contribution in [0.1, 0.15) is 5.56 Å². The predicted molar refractivity (Wildman–Crippen MR) is 86.7 cm³/mol. The molecule has 2 heterocycles. The van der Waals surface area contributed by atoms with Crippen molar-refractivity contribution in [1.82, 2.24) is 15.2 Å². The summed E-state index contributed by atoms with van der Waals surface area (Å²) in [6.07, 6.45) is 3.62. The number of benzene rings is 1. The summed E-state index contributed by atoms with van der Waals surface area (Å²) in [5.41, 5.74) is 2.05. The first-order valence-electron chi connectivity index (χ1n) is 6.42. The van der Waals surface area contributed by atoms with Gasteiger partial charge in [-0.1, -0.05) is 47.2 Å². The molecule has 6 heteroatoms. The lowest BCUT2D eigenvalue weighted by Gasteiger charge is -2.14. The van der Waals surface area contributed by atoms with Gasteiger partial charge in [-0.15, -0.1) is 10.2 Å². The van der Waals surface area contributed by atoms with E-state index in [-0.39, 0.29) is 0 Å². The van der Waals surface area contributed by atoms with Crippen molar-refractivity contribution in [2.45, 2.75) is 6.54 Å². The first kappa shape index (κ1) is 14.0. The van der Waals surface area contributed by atoms with Crippen molar-refractivity contribution >= 4 is 28.1 Å². The Balaban J connectivity index is 1.80. The topological polar surface area (TPSA) is 41.9 Å². The third-order valence-corrected chi connectivity index (χ3v) is 4.39. The van der Waals surface area contributed by atoms with Crippen LogP contribution in [0.25, 0.3) is 10.6 Å². The molecular weight excluding hydrogens is 304 g/mol. The zero-order valence-electron chi connectivity index (χ0n) is 11.4. The Morgan fingerprint density at radius 1 is 1.14 bits per heavy atom. The molecule has 0 fully saturated rings. The smallest absolute Gasteiger partial charge is 0.208 e. The Morgan fingerprint density at radius 2 is 2.00 bits per heavy atom. The zero-order chi connectivity index (χ0) is 14.7. The molecule has 0 saturated carbocycles. The molecular formula is C15H13ClN4S. The molecule has 0 amide bonds. The van der Waals surface area contributed by atoms with Crippen LogP contribution in [0.5, 0.6) is 0 Å². The van der Waals surface area contributed by atoms with E-state index >= 15 is 0 Å². The van der Waals surface area contributed by atoms with Crippen LogP contribution < -0.4 is 4.90 Å². The van der Waals surface area contributed by atoms with Gasteiger partial charge in [-0.2, -0.15) is 0 Å². The standard InChI is InChI=1S/C15H13ClN4S/c1-20(10-11-5-4-8-17-9-11)15-19-18-14(21-15)12-6-2-3-7-13(12)16/h2-9H,10H2,1H3. The highest BCUT2D eigenvalue weighted by atomic mass is 35.5. The number of rotatable bonds is 4. The first-order chi connectivity index (χ1) is 10.2. The third kappa shape index (κ3) is 3.20. The minimum atomic E-state index is 0.690. The van der Waals surface area contributed by atoms with E-state index in [2.05, 4.69) is 20.1 Å². The quantitative estimate of drug-likeness (QED) is 0.732. The highest BCUT2D eigenvalue weighted by molar-refractivity contribution is 7.18. The Bertz CT molecular complexity index is 729. The molecule has 0 saturated heterocycles. The number of aromatic nitrogens is 3. The molecule has 0 spiro atoms. The van der Waals surface area contributed by atoms with Crippen LogP contribution in [0.15, 0.2) is 48.8 Å². The van der Waals surface area contributed by atoms with Crippen molar-refractivity contribution < 1.29 is 0 Å². The maximum Gasteiger partial charge on any atom is 0.208 e. The maximum atomic E-state index is 6.19. The summed E-state index contributed by atoms with van der Waals surface area (Å²) in [7, 11) is 1.99. The van der Waals surface area contributed by atoms with Crippen molar-refractivity contribution in [3.63, 3.8) is 0 Å². The second kappa shape index (κ2) is 6.20. The van der Waals surface area contributed by atoms with E-state index in [0.717, 1.165) is 27.8 Å². The van der Waals surface area contributed by atoms with Crippen molar-refractivity contribution in [3.8, 4) is 10.6 Å². The van der Waals surface area contributed by atoms with Gasteiger partial charge in [0.1, 0.15) is 0 Å². The molecule has 0 aliphatic carbocycles. The summed E-state index contributed by atoms with van der Waals surface area (Å²) < 4.78 is 0. The molecule has 3 rings (SSSR count). The maximum absolute atomic E-state index is 6.19. The van der Waals surface area contributed by atoms with Gasteiger partial charge in [0.25, 0.3) is 0 Å². The van der Waals surface area contributed by atoms with E-state index in [9.17, 15) is 0 Å². The van der Waals surface area contributed by atoms with E-state index in [1.165, 1.54) is 11.3 Å². The van der Waals surface area contributed by atoms with E-state index in [4.69, 9.17) is 11.6 Å².